The smallest absolute Gasteiger partial charge is 0.0301 e. The van der Waals surface area contributed by atoms with E-state index in [1.54, 1.807) is 0 Å². The van der Waals surface area contributed by atoms with Crippen molar-refractivity contribution in [3.8, 4) is 0 Å². The summed E-state index contributed by atoms with van der Waals surface area (Å²) in [5, 5.41) is 0.917. The molecule has 0 amide bonds. The van der Waals surface area contributed by atoms with Crippen LogP contribution in [-0.2, 0) is 0 Å². The first kappa shape index (κ1) is 13.3. The molecule has 0 radical (unpaired) electrons. The number of nitrogens with one attached hydrogen (secondary N) is 1. The third kappa shape index (κ3) is 5.79. The lowest BCUT2D eigenvalue weighted by Crippen LogP contribution is -2.37. The van der Waals surface area contributed by atoms with Gasteiger partial charge in [-0.05, 0) is 31.6 Å². The van der Waals surface area contributed by atoms with Crippen molar-refractivity contribution < 1.29 is 0 Å². The third-order valence-corrected chi connectivity index (χ3v) is 4.70. The molecule has 90 valence electrons. The van der Waals surface area contributed by atoms with Crippen molar-refractivity contribution in [1.29, 1.82) is 0 Å². The molecule has 1 rings (SSSR count). The van der Waals surface area contributed by atoms with Crippen LogP contribution in [0.1, 0.15) is 52.4 Å². The Bertz CT molecular complexity index is 156. The number of rotatable bonds is 7. The van der Waals surface area contributed by atoms with Gasteiger partial charge in [-0.15, -0.1) is 0 Å². The summed E-state index contributed by atoms with van der Waals surface area (Å²) in [6.45, 7) is 4.55. The average Bonchev–Trinajstić information content (AvgIpc) is 2.70. The Hall–Kier alpha value is 0.270. The van der Waals surface area contributed by atoms with Gasteiger partial charge in [0.15, 0.2) is 0 Å². The molecule has 0 heterocycles. The second-order valence-corrected chi connectivity index (χ2v) is 6.41. The number of nitrogens with two attached hydrogens (primary N) is 1. The highest BCUT2D eigenvalue weighted by atomic mass is 32.2. The van der Waals surface area contributed by atoms with E-state index < -0.39 is 0 Å². The van der Waals surface area contributed by atoms with E-state index in [2.05, 4.69) is 31.0 Å². The van der Waals surface area contributed by atoms with Crippen LogP contribution in [0.2, 0.25) is 0 Å². The lowest BCUT2D eigenvalue weighted by Gasteiger charge is -2.18. The van der Waals surface area contributed by atoms with E-state index in [0.717, 1.165) is 11.2 Å². The van der Waals surface area contributed by atoms with E-state index in [1.807, 2.05) is 0 Å². The first-order chi connectivity index (χ1) is 7.22. The Labute approximate surface area is 98.7 Å². The summed E-state index contributed by atoms with van der Waals surface area (Å²) in [6, 6.07) is 0.512. The largest absolute Gasteiger partial charge is 0.271 e. The maximum Gasteiger partial charge on any atom is 0.0301 e. The molecule has 0 bridgehead atoms. The molecule has 1 unspecified atom stereocenters. The summed E-state index contributed by atoms with van der Waals surface area (Å²) in [7, 11) is 0. The zero-order valence-corrected chi connectivity index (χ0v) is 11.0. The van der Waals surface area contributed by atoms with Gasteiger partial charge in [0, 0.05) is 17.0 Å². The van der Waals surface area contributed by atoms with Crippen molar-refractivity contribution in [2.75, 3.05) is 5.75 Å². The molecular formula is C12H26N2S. The van der Waals surface area contributed by atoms with Gasteiger partial charge in [0.1, 0.15) is 0 Å². The summed E-state index contributed by atoms with van der Waals surface area (Å²) < 4.78 is 0. The molecule has 1 fully saturated rings. The van der Waals surface area contributed by atoms with Crippen LogP contribution in [0.25, 0.3) is 0 Å². The lowest BCUT2D eigenvalue weighted by molar-refractivity contribution is 0.463. The molecule has 0 aromatic rings. The van der Waals surface area contributed by atoms with Crippen molar-refractivity contribution in [3.63, 3.8) is 0 Å². The Morgan fingerprint density at radius 1 is 1.27 bits per heavy atom. The Morgan fingerprint density at radius 3 is 2.47 bits per heavy atom. The van der Waals surface area contributed by atoms with Gasteiger partial charge in [-0.1, -0.05) is 26.7 Å². The first-order valence-corrected chi connectivity index (χ1v) is 7.35. The predicted octanol–water partition coefficient (Wildman–Crippen LogP) is 2.93. The quantitative estimate of drug-likeness (QED) is 0.522. The van der Waals surface area contributed by atoms with Crippen LogP contribution < -0.4 is 11.3 Å². The maximum atomic E-state index is 5.58. The number of hydrogen-bond acceptors (Lipinski definition) is 3. The van der Waals surface area contributed by atoms with Crippen molar-refractivity contribution in [2.24, 2.45) is 11.8 Å². The van der Waals surface area contributed by atoms with Crippen LogP contribution in [0.5, 0.6) is 0 Å². The SMILES string of the molecule is CC(C)CCC(CSC1CCCC1)NN. The second kappa shape index (κ2) is 7.53. The van der Waals surface area contributed by atoms with Gasteiger partial charge in [-0.3, -0.25) is 11.3 Å². The van der Waals surface area contributed by atoms with Crippen LogP contribution in [0.15, 0.2) is 0 Å². The molecule has 1 aliphatic rings. The zero-order valence-electron chi connectivity index (χ0n) is 10.2. The first-order valence-electron chi connectivity index (χ1n) is 6.30. The minimum atomic E-state index is 0.512. The van der Waals surface area contributed by atoms with Crippen LogP contribution in [0.4, 0.5) is 0 Å². The standard InChI is InChI=1S/C12H26N2S/c1-10(2)7-8-11(14-13)9-15-12-5-3-4-6-12/h10-12,14H,3-9,13H2,1-2H3. The van der Waals surface area contributed by atoms with Gasteiger partial charge in [0.25, 0.3) is 0 Å². The monoisotopic (exact) mass is 230 g/mol. The van der Waals surface area contributed by atoms with Crippen LogP contribution in [0.3, 0.4) is 0 Å². The molecule has 15 heavy (non-hydrogen) atoms. The predicted molar refractivity (Wildman–Crippen MR) is 69.9 cm³/mol. The molecule has 1 atom stereocenters. The normalized spacial score (nSPS) is 20.0. The number of hydrogen-bond donors (Lipinski definition) is 2. The minimum Gasteiger partial charge on any atom is -0.271 e. The van der Waals surface area contributed by atoms with E-state index in [0.29, 0.717) is 6.04 Å². The Balaban J connectivity index is 2.09. The summed E-state index contributed by atoms with van der Waals surface area (Å²) in [4.78, 5) is 0. The summed E-state index contributed by atoms with van der Waals surface area (Å²) >= 11 is 2.13. The zero-order chi connectivity index (χ0) is 11.1. The van der Waals surface area contributed by atoms with Crippen molar-refractivity contribution in [1.82, 2.24) is 5.43 Å². The summed E-state index contributed by atoms with van der Waals surface area (Å²) in [5.74, 6) is 7.56. The fourth-order valence-corrected chi connectivity index (χ4v) is 3.49. The van der Waals surface area contributed by atoms with E-state index in [4.69, 9.17) is 5.84 Å². The Morgan fingerprint density at radius 2 is 1.93 bits per heavy atom. The van der Waals surface area contributed by atoms with E-state index >= 15 is 0 Å². The maximum absolute atomic E-state index is 5.58. The summed E-state index contributed by atoms with van der Waals surface area (Å²) in [5.41, 5.74) is 2.96. The number of hydrazine groups is 1. The summed E-state index contributed by atoms with van der Waals surface area (Å²) in [6.07, 6.45) is 8.21. The molecule has 1 aliphatic carbocycles. The third-order valence-electron chi connectivity index (χ3n) is 3.16. The van der Waals surface area contributed by atoms with Crippen LogP contribution >= 0.6 is 11.8 Å². The molecule has 3 N–H and O–H groups in total. The highest BCUT2D eigenvalue weighted by Crippen LogP contribution is 2.30. The molecule has 0 aliphatic heterocycles. The molecular weight excluding hydrogens is 204 g/mol. The molecule has 0 spiro atoms. The average molecular weight is 230 g/mol. The van der Waals surface area contributed by atoms with Gasteiger partial charge >= 0.3 is 0 Å². The fraction of sp³-hybridized carbons (Fsp3) is 1.00. The molecule has 2 nitrogen and oxygen atoms in total. The van der Waals surface area contributed by atoms with Crippen LogP contribution in [0, 0.1) is 5.92 Å². The lowest BCUT2D eigenvalue weighted by atomic mass is 10.0. The molecule has 3 heteroatoms. The molecule has 0 aromatic heterocycles. The van der Waals surface area contributed by atoms with Crippen LogP contribution in [-0.4, -0.2) is 17.0 Å². The molecule has 0 saturated heterocycles. The second-order valence-electron chi connectivity index (χ2n) is 5.07. The van der Waals surface area contributed by atoms with Crippen molar-refractivity contribution in [2.45, 2.75) is 63.7 Å². The highest BCUT2D eigenvalue weighted by molar-refractivity contribution is 7.99. The van der Waals surface area contributed by atoms with E-state index in [9.17, 15) is 0 Å². The van der Waals surface area contributed by atoms with Gasteiger partial charge in [-0.25, -0.2) is 0 Å². The van der Waals surface area contributed by atoms with E-state index in [-0.39, 0.29) is 0 Å². The van der Waals surface area contributed by atoms with E-state index in [1.165, 1.54) is 44.3 Å². The fourth-order valence-electron chi connectivity index (χ4n) is 2.06. The minimum absolute atomic E-state index is 0.512. The topological polar surface area (TPSA) is 38.0 Å². The van der Waals surface area contributed by atoms with Gasteiger partial charge < -0.3 is 0 Å². The van der Waals surface area contributed by atoms with Gasteiger partial charge in [0.05, 0.1) is 0 Å². The van der Waals surface area contributed by atoms with Crippen molar-refractivity contribution >= 4 is 11.8 Å². The van der Waals surface area contributed by atoms with Gasteiger partial charge in [0.2, 0.25) is 0 Å². The molecule has 0 aromatic carbocycles. The van der Waals surface area contributed by atoms with Crippen molar-refractivity contribution in [3.05, 3.63) is 0 Å². The Kier molecular flexibility index (Phi) is 6.69. The molecule has 1 saturated carbocycles. The van der Waals surface area contributed by atoms with Gasteiger partial charge in [-0.2, -0.15) is 11.8 Å². The number of thioether (sulfide) groups is 1. The highest BCUT2D eigenvalue weighted by Gasteiger charge is 2.17.